The standard InChI is InChI=1S/C15H14ClFO3/c1-19-15-7-2-10(8-13(15)17)14(18)9-20-12-5-3-11(16)4-6-12/h2-8,14,18H,9H2,1H3. The summed E-state index contributed by atoms with van der Waals surface area (Å²) in [5, 5.41) is 10.6. The zero-order chi connectivity index (χ0) is 14.5. The Morgan fingerprint density at radius 3 is 2.50 bits per heavy atom. The lowest BCUT2D eigenvalue weighted by Gasteiger charge is -2.13. The molecule has 1 atom stereocenters. The molecule has 1 unspecified atom stereocenters. The molecule has 0 aromatic heterocycles. The maximum absolute atomic E-state index is 13.5. The van der Waals surface area contributed by atoms with Gasteiger partial charge in [0.1, 0.15) is 18.5 Å². The van der Waals surface area contributed by atoms with E-state index < -0.39 is 11.9 Å². The summed E-state index contributed by atoms with van der Waals surface area (Å²) in [7, 11) is 1.39. The Bertz CT molecular complexity index is 572. The van der Waals surface area contributed by atoms with E-state index in [2.05, 4.69) is 0 Å². The van der Waals surface area contributed by atoms with Crippen molar-refractivity contribution in [1.29, 1.82) is 0 Å². The second-order valence-electron chi connectivity index (χ2n) is 4.17. The number of aliphatic hydroxyl groups is 1. The molecule has 5 heteroatoms. The summed E-state index contributed by atoms with van der Waals surface area (Å²) in [4.78, 5) is 0. The SMILES string of the molecule is COc1ccc(C(O)COc2ccc(Cl)cc2)cc1F. The molecule has 2 rings (SSSR count). The molecule has 2 aromatic carbocycles. The van der Waals surface area contributed by atoms with Crippen molar-refractivity contribution in [3.05, 3.63) is 58.9 Å². The van der Waals surface area contributed by atoms with Gasteiger partial charge >= 0.3 is 0 Å². The minimum absolute atomic E-state index is 0.0212. The topological polar surface area (TPSA) is 38.7 Å². The first-order chi connectivity index (χ1) is 9.60. The van der Waals surface area contributed by atoms with Crippen molar-refractivity contribution in [2.24, 2.45) is 0 Å². The molecule has 106 valence electrons. The van der Waals surface area contributed by atoms with E-state index >= 15 is 0 Å². The van der Waals surface area contributed by atoms with Crippen LogP contribution in [0.3, 0.4) is 0 Å². The lowest BCUT2D eigenvalue weighted by atomic mass is 10.1. The molecule has 0 aliphatic rings. The van der Waals surface area contributed by atoms with Crippen molar-refractivity contribution in [1.82, 2.24) is 0 Å². The zero-order valence-corrected chi connectivity index (χ0v) is 11.6. The van der Waals surface area contributed by atoms with Gasteiger partial charge in [0, 0.05) is 5.02 Å². The second-order valence-corrected chi connectivity index (χ2v) is 4.61. The van der Waals surface area contributed by atoms with Gasteiger partial charge in [-0.2, -0.15) is 0 Å². The predicted octanol–water partition coefficient (Wildman–Crippen LogP) is 3.60. The predicted molar refractivity (Wildman–Crippen MR) is 74.9 cm³/mol. The number of ether oxygens (including phenoxy) is 2. The molecule has 0 heterocycles. The summed E-state index contributed by atoms with van der Waals surface area (Å²) >= 11 is 5.76. The monoisotopic (exact) mass is 296 g/mol. The number of aliphatic hydroxyl groups excluding tert-OH is 1. The van der Waals surface area contributed by atoms with Crippen LogP contribution in [0.5, 0.6) is 11.5 Å². The summed E-state index contributed by atoms with van der Waals surface area (Å²) in [6.45, 7) is 0.0212. The van der Waals surface area contributed by atoms with Crippen molar-refractivity contribution in [2.75, 3.05) is 13.7 Å². The fourth-order valence-electron chi connectivity index (χ4n) is 1.69. The van der Waals surface area contributed by atoms with Crippen molar-refractivity contribution in [3.8, 4) is 11.5 Å². The Labute approximate surface area is 121 Å². The molecule has 1 N–H and O–H groups in total. The molecule has 0 spiro atoms. The number of halogens is 2. The third kappa shape index (κ3) is 3.62. The molecule has 0 bridgehead atoms. The van der Waals surface area contributed by atoms with E-state index in [4.69, 9.17) is 21.1 Å². The third-order valence-corrected chi connectivity index (χ3v) is 3.03. The van der Waals surface area contributed by atoms with E-state index in [1.165, 1.54) is 19.2 Å². The number of rotatable bonds is 5. The van der Waals surface area contributed by atoms with Gasteiger partial charge in [0.25, 0.3) is 0 Å². The van der Waals surface area contributed by atoms with E-state index in [9.17, 15) is 9.50 Å². The Hall–Kier alpha value is -1.78. The molecular weight excluding hydrogens is 283 g/mol. The van der Waals surface area contributed by atoms with Crippen LogP contribution in [0, 0.1) is 5.82 Å². The van der Waals surface area contributed by atoms with Crippen molar-refractivity contribution in [2.45, 2.75) is 6.10 Å². The van der Waals surface area contributed by atoms with Crippen molar-refractivity contribution < 1.29 is 19.0 Å². The average molecular weight is 297 g/mol. The first kappa shape index (κ1) is 14.6. The maximum atomic E-state index is 13.5. The quantitative estimate of drug-likeness (QED) is 0.916. The number of hydrogen-bond acceptors (Lipinski definition) is 3. The Morgan fingerprint density at radius 2 is 1.90 bits per heavy atom. The van der Waals surface area contributed by atoms with Gasteiger partial charge in [0.2, 0.25) is 0 Å². The Morgan fingerprint density at radius 1 is 1.20 bits per heavy atom. The van der Waals surface area contributed by atoms with Gasteiger partial charge in [-0.15, -0.1) is 0 Å². The van der Waals surface area contributed by atoms with E-state index in [0.29, 0.717) is 16.3 Å². The van der Waals surface area contributed by atoms with Crippen LogP contribution in [0.1, 0.15) is 11.7 Å². The molecule has 0 amide bonds. The van der Waals surface area contributed by atoms with Gasteiger partial charge in [-0.1, -0.05) is 17.7 Å². The van der Waals surface area contributed by atoms with E-state index in [0.717, 1.165) is 0 Å². The normalized spacial score (nSPS) is 12.0. The minimum Gasteiger partial charge on any atom is -0.494 e. The maximum Gasteiger partial charge on any atom is 0.165 e. The number of benzene rings is 2. The van der Waals surface area contributed by atoms with Crippen LogP contribution in [0.25, 0.3) is 0 Å². The first-order valence-corrected chi connectivity index (χ1v) is 6.38. The van der Waals surface area contributed by atoms with Crippen LogP contribution in [0.2, 0.25) is 5.02 Å². The fourth-order valence-corrected chi connectivity index (χ4v) is 1.82. The van der Waals surface area contributed by atoms with Crippen LogP contribution in [0.15, 0.2) is 42.5 Å². The van der Waals surface area contributed by atoms with Gasteiger partial charge in [-0.05, 0) is 42.0 Å². The molecule has 0 fully saturated rings. The van der Waals surface area contributed by atoms with E-state index in [-0.39, 0.29) is 12.4 Å². The van der Waals surface area contributed by atoms with Crippen LogP contribution in [0.4, 0.5) is 4.39 Å². The summed E-state index contributed by atoms with van der Waals surface area (Å²) < 4.78 is 23.8. The van der Waals surface area contributed by atoms with Crippen LogP contribution in [-0.4, -0.2) is 18.8 Å². The highest BCUT2D eigenvalue weighted by Crippen LogP contribution is 2.23. The average Bonchev–Trinajstić information content (AvgIpc) is 2.46. The van der Waals surface area contributed by atoms with Gasteiger partial charge < -0.3 is 14.6 Å². The molecule has 0 radical (unpaired) electrons. The van der Waals surface area contributed by atoms with Gasteiger partial charge in [0.05, 0.1) is 7.11 Å². The van der Waals surface area contributed by atoms with Gasteiger partial charge in [-0.3, -0.25) is 0 Å². The molecule has 2 aromatic rings. The van der Waals surface area contributed by atoms with Gasteiger partial charge in [0.15, 0.2) is 11.6 Å². The molecule has 3 nitrogen and oxygen atoms in total. The molecule has 0 aliphatic heterocycles. The highest BCUT2D eigenvalue weighted by molar-refractivity contribution is 6.30. The Balaban J connectivity index is 1.99. The van der Waals surface area contributed by atoms with Crippen LogP contribution in [-0.2, 0) is 0 Å². The number of hydrogen-bond donors (Lipinski definition) is 1. The molecule has 20 heavy (non-hydrogen) atoms. The second kappa shape index (κ2) is 6.59. The summed E-state index contributed by atoms with van der Waals surface area (Å²) in [6.07, 6.45) is -0.925. The van der Waals surface area contributed by atoms with Crippen LogP contribution < -0.4 is 9.47 Å². The number of methoxy groups -OCH3 is 1. The molecule has 0 aliphatic carbocycles. The highest BCUT2D eigenvalue weighted by Gasteiger charge is 2.12. The van der Waals surface area contributed by atoms with Crippen molar-refractivity contribution in [3.63, 3.8) is 0 Å². The zero-order valence-electron chi connectivity index (χ0n) is 10.8. The summed E-state index contributed by atoms with van der Waals surface area (Å²) in [5.74, 6) is 0.206. The Kier molecular flexibility index (Phi) is 4.82. The highest BCUT2D eigenvalue weighted by atomic mass is 35.5. The summed E-state index contributed by atoms with van der Waals surface area (Å²) in [5.41, 5.74) is 0.428. The largest absolute Gasteiger partial charge is 0.494 e. The molecule has 0 saturated carbocycles. The first-order valence-electron chi connectivity index (χ1n) is 6.00. The molecular formula is C15H14ClFO3. The lowest BCUT2D eigenvalue weighted by Crippen LogP contribution is -2.10. The fraction of sp³-hybridized carbons (Fsp3) is 0.200. The smallest absolute Gasteiger partial charge is 0.165 e. The minimum atomic E-state index is -0.925. The summed E-state index contributed by atoms with van der Waals surface area (Å²) in [6, 6.07) is 11.1. The van der Waals surface area contributed by atoms with Gasteiger partial charge in [-0.25, -0.2) is 4.39 Å². The van der Waals surface area contributed by atoms with E-state index in [1.807, 2.05) is 0 Å². The lowest BCUT2D eigenvalue weighted by molar-refractivity contribution is 0.108. The molecule has 0 saturated heterocycles. The third-order valence-electron chi connectivity index (χ3n) is 2.78. The van der Waals surface area contributed by atoms with E-state index in [1.54, 1.807) is 30.3 Å². The van der Waals surface area contributed by atoms with Crippen LogP contribution >= 0.6 is 11.6 Å². The van der Waals surface area contributed by atoms with Crippen molar-refractivity contribution >= 4 is 11.6 Å².